The quantitative estimate of drug-likeness (QED) is 0.616. The Morgan fingerprint density at radius 2 is 2.14 bits per heavy atom. The van der Waals surface area contributed by atoms with E-state index in [4.69, 9.17) is 0 Å². The number of Topliss-reactive ketones (excluding diaryl/α,β-unsaturated/α-hetero) is 1. The maximum absolute atomic E-state index is 12.2. The van der Waals surface area contributed by atoms with Gasteiger partial charge in [0, 0.05) is 30.7 Å². The van der Waals surface area contributed by atoms with Crippen LogP contribution in [0.15, 0.2) is 18.2 Å². The molecule has 1 amide bonds. The van der Waals surface area contributed by atoms with Crippen LogP contribution in [0.2, 0.25) is 0 Å². The number of benzene rings is 1. The molecule has 6 heteroatoms. The third kappa shape index (κ3) is 3.45. The molecular weight excluding hydrogens is 272 g/mol. The fourth-order valence-electron chi connectivity index (χ4n) is 2.56. The van der Waals surface area contributed by atoms with Gasteiger partial charge in [0.05, 0.1) is 11.5 Å². The number of amides is 1. The minimum absolute atomic E-state index is 0.0112. The number of aryl methyl sites for hydroxylation is 1. The first-order valence-corrected chi connectivity index (χ1v) is 7.12. The summed E-state index contributed by atoms with van der Waals surface area (Å²) in [4.78, 5) is 35.9. The molecule has 1 aliphatic heterocycles. The summed E-state index contributed by atoms with van der Waals surface area (Å²) in [5, 5.41) is 10.9. The van der Waals surface area contributed by atoms with Gasteiger partial charge in [-0.3, -0.25) is 19.7 Å². The first-order chi connectivity index (χ1) is 10.0. The van der Waals surface area contributed by atoms with Crippen LogP contribution in [0.5, 0.6) is 0 Å². The molecule has 0 radical (unpaired) electrons. The summed E-state index contributed by atoms with van der Waals surface area (Å²) in [7, 11) is 0. The highest BCUT2D eigenvalue weighted by molar-refractivity contribution is 6.00. The molecule has 1 aliphatic rings. The Bertz CT molecular complexity index is 583. The third-order valence-electron chi connectivity index (χ3n) is 3.57. The maximum Gasteiger partial charge on any atom is 0.269 e. The second kappa shape index (κ2) is 6.47. The molecule has 1 aromatic carbocycles. The molecule has 21 heavy (non-hydrogen) atoms. The third-order valence-corrected chi connectivity index (χ3v) is 3.57. The molecule has 0 atom stereocenters. The lowest BCUT2D eigenvalue weighted by Crippen LogP contribution is -2.35. The van der Waals surface area contributed by atoms with E-state index in [1.165, 1.54) is 17.0 Å². The fraction of sp³-hybridized carbons (Fsp3) is 0.467. The van der Waals surface area contributed by atoms with Gasteiger partial charge in [-0.2, -0.15) is 0 Å². The summed E-state index contributed by atoms with van der Waals surface area (Å²) in [6.07, 6.45) is 2.80. The van der Waals surface area contributed by atoms with Crippen molar-refractivity contribution in [2.75, 3.05) is 11.4 Å². The van der Waals surface area contributed by atoms with Crippen LogP contribution in [-0.2, 0) is 16.0 Å². The highest BCUT2D eigenvalue weighted by atomic mass is 16.6. The van der Waals surface area contributed by atoms with E-state index in [1.54, 1.807) is 6.07 Å². The van der Waals surface area contributed by atoms with Gasteiger partial charge in [0.1, 0.15) is 0 Å². The van der Waals surface area contributed by atoms with Crippen LogP contribution in [0.25, 0.3) is 0 Å². The van der Waals surface area contributed by atoms with E-state index >= 15 is 0 Å². The van der Waals surface area contributed by atoms with Crippen molar-refractivity contribution in [1.82, 2.24) is 0 Å². The topological polar surface area (TPSA) is 80.5 Å². The number of nitro groups is 1. The molecule has 6 nitrogen and oxygen atoms in total. The number of hydrogen-bond donors (Lipinski definition) is 0. The van der Waals surface area contributed by atoms with E-state index in [-0.39, 0.29) is 23.9 Å². The van der Waals surface area contributed by atoms with Crippen LogP contribution in [0.1, 0.15) is 38.2 Å². The normalized spacial score (nSPS) is 14.5. The number of non-ortho nitro benzene ring substituents is 1. The van der Waals surface area contributed by atoms with Gasteiger partial charge < -0.3 is 4.90 Å². The molecule has 1 heterocycles. The average molecular weight is 290 g/mol. The zero-order valence-electron chi connectivity index (χ0n) is 12.0. The smallest absolute Gasteiger partial charge is 0.269 e. The SMILES string of the molecule is CCCC(=O)CN1C(=O)CCCc2cc([N+](=O)[O-])ccc21. The molecule has 0 aromatic heterocycles. The largest absolute Gasteiger partial charge is 0.305 e. The lowest BCUT2D eigenvalue weighted by Gasteiger charge is -2.22. The molecule has 0 saturated heterocycles. The van der Waals surface area contributed by atoms with Crippen molar-refractivity contribution >= 4 is 23.1 Å². The molecule has 112 valence electrons. The molecule has 0 bridgehead atoms. The van der Waals surface area contributed by atoms with Crippen LogP contribution in [0, 0.1) is 10.1 Å². The second-order valence-corrected chi connectivity index (χ2v) is 5.19. The maximum atomic E-state index is 12.2. The van der Waals surface area contributed by atoms with Crippen LogP contribution in [-0.4, -0.2) is 23.2 Å². The van der Waals surface area contributed by atoms with Crippen LogP contribution in [0.3, 0.4) is 0 Å². The van der Waals surface area contributed by atoms with Crippen LogP contribution >= 0.6 is 0 Å². The first-order valence-electron chi connectivity index (χ1n) is 7.12. The van der Waals surface area contributed by atoms with Gasteiger partial charge >= 0.3 is 0 Å². The fourth-order valence-corrected chi connectivity index (χ4v) is 2.56. The molecule has 0 saturated carbocycles. The summed E-state index contributed by atoms with van der Waals surface area (Å²) < 4.78 is 0. The minimum Gasteiger partial charge on any atom is -0.305 e. The van der Waals surface area contributed by atoms with Crippen LogP contribution < -0.4 is 4.90 Å². The van der Waals surface area contributed by atoms with Gasteiger partial charge in [-0.1, -0.05) is 6.92 Å². The number of carbonyl (C=O) groups is 2. The van der Waals surface area contributed by atoms with E-state index in [1.807, 2.05) is 6.92 Å². The van der Waals surface area contributed by atoms with Crippen molar-refractivity contribution in [3.05, 3.63) is 33.9 Å². The average Bonchev–Trinajstić information content (AvgIpc) is 2.59. The molecule has 0 fully saturated rings. The zero-order chi connectivity index (χ0) is 15.4. The molecular formula is C15H18N2O4. The number of nitro benzene ring substituents is 1. The molecule has 0 N–H and O–H groups in total. The van der Waals surface area contributed by atoms with E-state index in [0.717, 1.165) is 12.0 Å². The van der Waals surface area contributed by atoms with Crippen molar-refractivity contribution in [3.63, 3.8) is 0 Å². The van der Waals surface area contributed by atoms with Crippen molar-refractivity contribution < 1.29 is 14.5 Å². The van der Waals surface area contributed by atoms with E-state index < -0.39 is 4.92 Å². The van der Waals surface area contributed by atoms with Crippen molar-refractivity contribution in [3.8, 4) is 0 Å². The zero-order valence-corrected chi connectivity index (χ0v) is 12.0. The van der Waals surface area contributed by atoms with Gasteiger partial charge in [-0.05, 0) is 30.9 Å². The summed E-state index contributed by atoms with van der Waals surface area (Å²) in [6.45, 7) is 1.97. The molecule has 1 aromatic rings. The number of hydrogen-bond acceptors (Lipinski definition) is 4. The Labute approximate surface area is 122 Å². The highest BCUT2D eigenvalue weighted by Crippen LogP contribution is 2.30. The molecule has 0 unspecified atom stereocenters. The Hall–Kier alpha value is -2.24. The van der Waals surface area contributed by atoms with Crippen molar-refractivity contribution in [2.24, 2.45) is 0 Å². The summed E-state index contributed by atoms with van der Waals surface area (Å²) in [5.74, 6) is -0.0795. The van der Waals surface area contributed by atoms with Gasteiger partial charge in [-0.15, -0.1) is 0 Å². The standard InChI is InChI=1S/C15H18N2O4/c1-2-4-13(18)10-16-14-8-7-12(17(20)21)9-11(14)5-3-6-15(16)19/h7-9H,2-6,10H2,1H3. The summed E-state index contributed by atoms with van der Waals surface area (Å²) >= 11 is 0. The predicted molar refractivity (Wildman–Crippen MR) is 78.3 cm³/mol. The number of fused-ring (bicyclic) bond motifs is 1. The Morgan fingerprint density at radius 3 is 2.81 bits per heavy atom. The van der Waals surface area contributed by atoms with E-state index in [2.05, 4.69) is 0 Å². The first kappa shape index (κ1) is 15.2. The number of rotatable bonds is 5. The lowest BCUT2D eigenvalue weighted by atomic mass is 10.1. The van der Waals surface area contributed by atoms with E-state index in [0.29, 0.717) is 31.4 Å². The minimum atomic E-state index is -0.445. The number of ketones is 1. The monoisotopic (exact) mass is 290 g/mol. The summed E-state index contributed by atoms with van der Waals surface area (Å²) in [6, 6.07) is 4.47. The number of carbonyl (C=O) groups excluding carboxylic acids is 2. The van der Waals surface area contributed by atoms with Gasteiger partial charge in [0.25, 0.3) is 5.69 Å². The number of nitrogens with zero attached hydrogens (tertiary/aromatic N) is 2. The van der Waals surface area contributed by atoms with Crippen molar-refractivity contribution in [2.45, 2.75) is 39.0 Å². The molecule has 2 rings (SSSR count). The molecule has 0 aliphatic carbocycles. The highest BCUT2D eigenvalue weighted by Gasteiger charge is 2.25. The number of anilines is 1. The Morgan fingerprint density at radius 1 is 1.38 bits per heavy atom. The van der Waals surface area contributed by atoms with Gasteiger partial charge in [0.15, 0.2) is 5.78 Å². The van der Waals surface area contributed by atoms with Crippen molar-refractivity contribution in [1.29, 1.82) is 0 Å². The Kier molecular flexibility index (Phi) is 4.67. The second-order valence-electron chi connectivity index (χ2n) is 5.19. The summed E-state index contributed by atoms with van der Waals surface area (Å²) in [5.41, 5.74) is 1.41. The van der Waals surface area contributed by atoms with E-state index in [9.17, 15) is 19.7 Å². The van der Waals surface area contributed by atoms with Crippen LogP contribution in [0.4, 0.5) is 11.4 Å². The lowest BCUT2D eigenvalue weighted by molar-refractivity contribution is -0.384. The van der Waals surface area contributed by atoms with Gasteiger partial charge in [-0.25, -0.2) is 0 Å². The molecule has 0 spiro atoms. The Balaban J connectivity index is 2.35. The van der Waals surface area contributed by atoms with Gasteiger partial charge in [0.2, 0.25) is 5.91 Å². The predicted octanol–water partition coefficient (Wildman–Crippen LogP) is 2.63.